The molecule has 74 valence electrons. The van der Waals surface area contributed by atoms with Gasteiger partial charge in [0.2, 0.25) is 12.4 Å². The van der Waals surface area contributed by atoms with E-state index in [0.29, 0.717) is 0 Å². The highest BCUT2D eigenvalue weighted by Crippen LogP contribution is 2.30. The second-order valence-electron chi connectivity index (χ2n) is 2.49. The summed E-state index contributed by atoms with van der Waals surface area (Å²) in [6.07, 6.45) is -0.661. The van der Waals surface area contributed by atoms with Gasteiger partial charge in [-0.1, -0.05) is 6.07 Å². The Morgan fingerprint density at radius 3 is 2.93 bits per heavy atom. The van der Waals surface area contributed by atoms with Gasteiger partial charge in [0.05, 0.1) is 7.11 Å². The number of carbonyl (C=O) groups excluding carboxylic acids is 1. The minimum atomic E-state index is -1.78. The Hall–Kier alpha value is -1.87. The average Bonchev–Trinajstić information content (AvgIpc) is 2.19. The van der Waals surface area contributed by atoms with Crippen molar-refractivity contribution >= 4 is 6.08 Å². The van der Waals surface area contributed by atoms with Crippen LogP contribution in [-0.4, -0.2) is 18.3 Å². The Balaban J connectivity index is 3.05. The van der Waals surface area contributed by atoms with E-state index in [4.69, 9.17) is 4.74 Å². The molecule has 1 N–H and O–H groups in total. The third-order valence-electron chi connectivity index (χ3n) is 1.64. The van der Waals surface area contributed by atoms with Gasteiger partial charge in [-0.15, -0.1) is 0 Å². The number of alkyl halides is 1. The van der Waals surface area contributed by atoms with Crippen molar-refractivity contribution in [1.29, 1.82) is 0 Å². The molecule has 1 rings (SSSR count). The van der Waals surface area contributed by atoms with Gasteiger partial charge in [-0.05, 0) is 12.1 Å². The van der Waals surface area contributed by atoms with Gasteiger partial charge in [0.15, 0.2) is 11.5 Å². The van der Waals surface area contributed by atoms with Crippen LogP contribution in [0.4, 0.5) is 4.39 Å². The zero-order valence-electron chi connectivity index (χ0n) is 7.40. The molecule has 0 aromatic heterocycles. The van der Waals surface area contributed by atoms with E-state index in [2.05, 4.69) is 4.99 Å². The fourth-order valence-electron chi connectivity index (χ4n) is 0.963. The quantitative estimate of drug-likeness (QED) is 0.455. The molecule has 0 aliphatic heterocycles. The Morgan fingerprint density at radius 2 is 2.36 bits per heavy atom. The van der Waals surface area contributed by atoms with Crippen LogP contribution in [0.15, 0.2) is 23.2 Å². The normalized spacial score (nSPS) is 11.6. The van der Waals surface area contributed by atoms with Crippen molar-refractivity contribution in [2.45, 2.75) is 6.30 Å². The molecule has 0 aliphatic carbocycles. The third-order valence-corrected chi connectivity index (χ3v) is 1.64. The molecule has 0 saturated heterocycles. The smallest absolute Gasteiger partial charge is 0.238 e. The Kier molecular flexibility index (Phi) is 3.20. The predicted molar refractivity (Wildman–Crippen MR) is 46.6 cm³/mol. The third kappa shape index (κ3) is 2.08. The number of phenols is 1. The maximum atomic E-state index is 13.0. The van der Waals surface area contributed by atoms with Crippen LogP contribution in [0.3, 0.4) is 0 Å². The minimum absolute atomic E-state index is 0.0986. The van der Waals surface area contributed by atoms with Crippen molar-refractivity contribution in [1.82, 2.24) is 0 Å². The topological polar surface area (TPSA) is 58.9 Å². The van der Waals surface area contributed by atoms with Crippen LogP contribution in [0.1, 0.15) is 11.9 Å². The monoisotopic (exact) mass is 197 g/mol. The van der Waals surface area contributed by atoms with Crippen molar-refractivity contribution in [3.8, 4) is 11.5 Å². The van der Waals surface area contributed by atoms with Crippen molar-refractivity contribution in [3.63, 3.8) is 0 Å². The number of isocyanates is 1. The first-order chi connectivity index (χ1) is 6.69. The lowest BCUT2D eigenvalue weighted by atomic mass is 10.2. The number of nitrogens with zero attached hydrogens (tertiary/aromatic N) is 1. The maximum absolute atomic E-state index is 13.0. The van der Waals surface area contributed by atoms with E-state index in [-0.39, 0.29) is 17.1 Å². The molecule has 4 nitrogen and oxygen atoms in total. The second kappa shape index (κ2) is 4.39. The number of hydrogen-bond acceptors (Lipinski definition) is 4. The molecule has 0 radical (unpaired) electrons. The van der Waals surface area contributed by atoms with Crippen molar-refractivity contribution in [2.24, 2.45) is 4.99 Å². The first-order valence-corrected chi connectivity index (χ1v) is 3.77. The number of ether oxygens (including phenoxy) is 1. The number of hydrogen-bond donors (Lipinski definition) is 1. The van der Waals surface area contributed by atoms with E-state index >= 15 is 0 Å². The Bertz CT molecular complexity index is 374. The molecule has 14 heavy (non-hydrogen) atoms. The van der Waals surface area contributed by atoms with Crippen LogP contribution < -0.4 is 4.74 Å². The molecule has 0 aliphatic rings. The summed E-state index contributed by atoms with van der Waals surface area (Å²) < 4.78 is 17.8. The van der Waals surface area contributed by atoms with Gasteiger partial charge in [0.1, 0.15) is 0 Å². The Morgan fingerprint density at radius 1 is 1.64 bits per heavy atom. The molecule has 1 aromatic carbocycles. The predicted octanol–water partition coefficient (Wildman–Crippen LogP) is 1.70. The second-order valence-corrected chi connectivity index (χ2v) is 2.49. The zero-order chi connectivity index (χ0) is 10.6. The van der Waals surface area contributed by atoms with Crippen molar-refractivity contribution in [3.05, 3.63) is 23.8 Å². The van der Waals surface area contributed by atoms with E-state index in [9.17, 15) is 14.3 Å². The molecule has 1 aromatic rings. The standard InChI is InChI=1S/C9H8FNO3/c1-14-8-4-6(2-3-7(8)13)9(10)11-5-12/h2-4,9,13H,1H3. The molecule has 1 unspecified atom stereocenters. The molecule has 0 heterocycles. The number of methoxy groups -OCH3 is 1. The van der Waals surface area contributed by atoms with Gasteiger partial charge < -0.3 is 9.84 Å². The van der Waals surface area contributed by atoms with E-state index < -0.39 is 6.30 Å². The molecular weight excluding hydrogens is 189 g/mol. The minimum Gasteiger partial charge on any atom is -0.504 e. The summed E-state index contributed by atoms with van der Waals surface area (Å²) in [5.74, 6) is 0.0322. The van der Waals surface area contributed by atoms with Gasteiger partial charge in [-0.2, -0.15) is 4.99 Å². The van der Waals surface area contributed by atoms with E-state index in [1.165, 1.54) is 25.3 Å². The number of benzene rings is 1. The summed E-state index contributed by atoms with van der Waals surface area (Å²) in [6, 6.07) is 3.84. The summed E-state index contributed by atoms with van der Waals surface area (Å²) in [7, 11) is 1.34. The van der Waals surface area contributed by atoms with Gasteiger partial charge in [-0.3, -0.25) is 0 Å². The SMILES string of the molecule is COc1cc(C(F)N=C=O)ccc1O. The molecule has 0 saturated carbocycles. The number of aliphatic imine (C=N–C) groups is 1. The first-order valence-electron chi connectivity index (χ1n) is 3.77. The highest BCUT2D eigenvalue weighted by molar-refractivity contribution is 5.43. The van der Waals surface area contributed by atoms with Crippen molar-refractivity contribution < 1.29 is 19.0 Å². The number of aromatic hydroxyl groups is 1. The highest BCUT2D eigenvalue weighted by Gasteiger charge is 2.10. The van der Waals surface area contributed by atoms with Crippen LogP contribution in [-0.2, 0) is 4.79 Å². The van der Waals surface area contributed by atoms with E-state index in [1.54, 1.807) is 0 Å². The van der Waals surface area contributed by atoms with Gasteiger partial charge in [0.25, 0.3) is 0 Å². The van der Waals surface area contributed by atoms with Crippen LogP contribution in [0.2, 0.25) is 0 Å². The lowest BCUT2D eigenvalue weighted by Gasteiger charge is -2.06. The Labute approximate surface area is 79.7 Å². The van der Waals surface area contributed by atoms with Gasteiger partial charge in [-0.25, -0.2) is 9.18 Å². The fraction of sp³-hybridized carbons (Fsp3) is 0.222. The molecule has 0 bridgehead atoms. The maximum Gasteiger partial charge on any atom is 0.238 e. The van der Waals surface area contributed by atoms with Crippen LogP contribution in [0, 0.1) is 0 Å². The summed E-state index contributed by atoms with van der Waals surface area (Å²) in [5, 5.41) is 9.19. The number of halogens is 1. The molecule has 0 fully saturated rings. The van der Waals surface area contributed by atoms with E-state index in [1.807, 2.05) is 0 Å². The summed E-state index contributed by atoms with van der Waals surface area (Å²) in [5.41, 5.74) is 0.128. The lowest BCUT2D eigenvalue weighted by molar-refractivity contribution is 0.347. The van der Waals surface area contributed by atoms with Crippen LogP contribution in [0.25, 0.3) is 0 Å². The van der Waals surface area contributed by atoms with Crippen LogP contribution >= 0.6 is 0 Å². The van der Waals surface area contributed by atoms with Gasteiger partial charge in [0, 0.05) is 5.56 Å². The summed E-state index contributed by atoms with van der Waals surface area (Å²) in [4.78, 5) is 12.7. The number of phenolic OH excluding ortho intramolecular Hbond substituents is 1. The van der Waals surface area contributed by atoms with Crippen LogP contribution in [0.5, 0.6) is 11.5 Å². The zero-order valence-corrected chi connectivity index (χ0v) is 7.40. The van der Waals surface area contributed by atoms with Crippen molar-refractivity contribution in [2.75, 3.05) is 7.11 Å². The highest BCUT2D eigenvalue weighted by atomic mass is 19.1. The average molecular weight is 197 g/mol. The molecule has 0 amide bonds. The molecule has 0 spiro atoms. The fourth-order valence-corrected chi connectivity index (χ4v) is 0.963. The first kappa shape index (κ1) is 10.2. The molecule has 5 heteroatoms. The number of rotatable bonds is 3. The van der Waals surface area contributed by atoms with E-state index in [0.717, 1.165) is 6.08 Å². The largest absolute Gasteiger partial charge is 0.504 e. The van der Waals surface area contributed by atoms with Gasteiger partial charge >= 0.3 is 0 Å². The molecular formula is C9H8FNO3. The summed E-state index contributed by atoms with van der Waals surface area (Å²) in [6.45, 7) is 0. The lowest BCUT2D eigenvalue weighted by Crippen LogP contribution is -1.90. The summed E-state index contributed by atoms with van der Waals surface area (Å²) >= 11 is 0. The molecule has 1 atom stereocenters.